The largest absolute Gasteiger partial charge is 0.335 e. The Morgan fingerprint density at radius 2 is 2.00 bits per heavy atom. The zero-order valence-electron chi connectivity index (χ0n) is 10.4. The summed E-state index contributed by atoms with van der Waals surface area (Å²) in [6.07, 6.45) is 4.50. The van der Waals surface area contributed by atoms with Crippen LogP contribution in [0.3, 0.4) is 0 Å². The number of rotatable bonds is 2. The quantitative estimate of drug-likeness (QED) is 0.905. The summed E-state index contributed by atoms with van der Waals surface area (Å²) < 4.78 is 26.5. The van der Waals surface area contributed by atoms with E-state index >= 15 is 0 Å². The normalized spacial score (nSPS) is 16.8. The van der Waals surface area contributed by atoms with Crippen LogP contribution >= 0.6 is 0 Å². The lowest BCUT2D eigenvalue weighted by atomic mass is 10.0. The minimum atomic E-state index is -3.47. The fraction of sp³-hybridized carbons (Fsp3) is 0.308. The average Bonchev–Trinajstić information content (AvgIpc) is 2.85. The first-order valence-corrected chi connectivity index (χ1v) is 7.67. The summed E-state index contributed by atoms with van der Waals surface area (Å²) in [4.78, 5) is 6.47. The van der Waals surface area contributed by atoms with Crippen LogP contribution in [0.1, 0.15) is 17.5 Å². The molecule has 5 nitrogen and oxygen atoms in total. The lowest BCUT2D eigenvalue weighted by Crippen LogP contribution is -2.31. The van der Waals surface area contributed by atoms with E-state index in [0.29, 0.717) is 13.1 Å². The van der Waals surface area contributed by atoms with Crippen molar-refractivity contribution in [1.29, 1.82) is 0 Å². The number of H-pyrrole nitrogens is 1. The van der Waals surface area contributed by atoms with E-state index in [2.05, 4.69) is 16.0 Å². The Morgan fingerprint density at radius 1 is 1.21 bits per heavy atom. The average molecular weight is 277 g/mol. The second-order valence-corrected chi connectivity index (χ2v) is 6.53. The summed E-state index contributed by atoms with van der Waals surface area (Å²) in [5.74, 6) is 0. The Hall–Kier alpha value is -1.66. The van der Waals surface area contributed by atoms with E-state index in [0.717, 1.165) is 18.4 Å². The lowest BCUT2D eigenvalue weighted by molar-refractivity contribution is 0.408. The van der Waals surface area contributed by atoms with E-state index < -0.39 is 10.0 Å². The Balaban J connectivity index is 1.95. The molecule has 1 aromatic carbocycles. The highest BCUT2D eigenvalue weighted by atomic mass is 32.2. The summed E-state index contributed by atoms with van der Waals surface area (Å²) in [6, 6.07) is 8.01. The van der Waals surface area contributed by atoms with Gasteiger partial charge in [-0.25, -0.2) is 13.4 Å². The molecule has 1 N–H and O–H groups in total. The summed E-state index contributed by atoms with van der Waals surface area (Å²) in [5, 5.41) is 0.159. The van der Waals surface area contributed by atoms with E-state index in [9.17, 15) is 8.42 Å². The van der Waals surface area contributed by atoms with Gasteiger partial charge in [0, 0.05) is 13.1 Å². The standard InChI is InChI=1S/C13H15N3O2S/c17-19(18,13-8-14-10-15-13)16-7-3-6-11-4-1-2-5-12(11)9-16/h1-2,4-5,8,10H,3,6-7,9H2,(H,14,15). The molecule has 100 valence electrons. The number of nitrogens with one attached hydrogen (secondary N) is 1. The van der Waals surface area contributed by atoms with Crippen molar-refractivity contribution in [1.82, 2.24) is 14.3 Å². The maximum absolute atomic E-state index is 12.5. The lowest BCUT2D eigenvalue weighted by Gasteiger charge is -2.19. The molecule has 0 amide bonds. The van der Waals surface area contributed by atoms with Crippen molar-refractivity contribution < 1.29 is 8.42 Å². The Labute approximate surface area is 112 Å². The minimum Gasteiger partial charge on any atom is -0.335 e. The van der Waals surface area contributed by atoms with Gasteiger partial charge in [-0.3, -0.25) is 0 Å². The number of imidazole rings is 1. The van der Waals surface area contributed by atoms with Crippen LogP contribution in [-0.2, 0) is 23.0 Å². The van der Waals surface area contributed by atoms with Crippen LogP contribution in [0.4, 0.5) is 0 Å². The molecule has 0 bridgehead atoms. The third-order valence-electron chi connectivity index (χ3n) is 3.41. The molecule has 3 rings (SSSR count). The van der Waals surface area contributed by atoms with Crippen molar-refractivity contribution in [3.05, 3.63) is 47.9 Å². The number of hydrogen-bond donors (Lipinski definition) is 1. The summed E-state index contributed by atoms with van der Waals surface area (Å²) in [5.41, 5.74) is 2.33. The SMILES string of the molecule is O=S(=O)(c1cnc[nH]1)N1CCCc2ccccc2C1. The van der Waals surface area contributed by atoms with Gasteiger partial charge in [0.25, 0.3) is 10.0 Å². The van der Waals surface area contributed by atoms with E-state index in [-0.39, 0.29) is 5.03 Å². The first kappa shape index (κ1) is 12.4. The second-order valence-electron chi connectivity index (χ2n) is 4.63. The Kier molecular flexibility index (Phi) is 3.12. The topological polar surface area (TPSA) is 66.1 Å². The van der Waals surface area contributed by atoms with Gasteiger partial charge >= 0.3 is 0 Å². The predicted octanol–water partition coefficient (Wildman–Crippen LogP) is 1.55. The molecule has 0 fully saturated rings. The molecule has 0 unspecified atom stereocenters. The molecule has 1 aromatic heterocycles. The number of sulfonamides is 1. The number of benzene rings is 1. The zero-order valence-corrected chi connectivity index (χ0v) is 11.2. The predicted molar refractivity (Wildman–Crippen MR) is 70.9 cm³/mol. The van der Waals surface area contributed by atoms with Gasteiger partial charge in [-0.1, -0.05) is 24.3 Å². The number of aromatic amines is 1. The summed E-state index contributed by atoms with van der Waals surface area (Å²) in [7, 11) is -3.47. The van der Waals surface area contributed by atoms with Crippen LogP contribution in [0, 0.1) is 0 Å². The maximum atomic E-state index is 12.5. The van der Waals surface area contributed by atoms with Crippen molar-refractivity contribution in [2.24, 2.45) is 0 Å². The van der Waals surface area contributed by atoms with Gasteiger partial charge in [-0.15, -0.1) is 0 Å². The van der Waals surface area contributed by atoms with E-state index in [1.807, 2.05) is 18.2 Å². The number of fused-ring (bicyclic) bond motifs is 1. The Morgan fingerprint density at radius 3 is 2.74 bits per heavy atom. The molecule has 0 saturated carbocycles. The highest BCUT2D eigenvalue weighted by Gasteiger charge is 2.27. The second kappa shape index (κ2) is 4.79. The van der Waals surface area contributed by atoms with Gasteiger partial charge < -0.3 is 4.98 Å². The fourth-order valence-corrected chi connectivity index (χ4v) is 3.75. The van der Waals surface area contributed by atoms with Crippen molar-refractivity contribution in [2.45, 2.75) is 24.4 Å². The van der Waals surface area contributed by atoms with Gasteiger partial charge in [0.2, 0.25) is 0 Å². The van der Waals surface area contributed by atoms with Crippen LogP contribution in [0.2, 0.25) is 0 Å². The van der Waals surface area contributed by atoms with Gasteiger partial charge in [-0.05, 0) is 24.0 Å². The molecule has 2 aromatic rings. The molecule has 2 heterocycles. The first-order valence-electron chi connectivity index (χ1n) is 6.23. The highest BCUT2D eigenvalue weighted by Crippen LogP contribution is 2.23. The van der Waals surface area contributed by atoms with Crippen molar-refractivity contribution in [3.63, 3.8) is 0 Å². The molecular weight excluding hydrogens is 262 g/mol. The minimum absolute atomic E-state index is 0.159. The molecule has 0 atom stereocenters. The van der Waals surface area contributed by atoms with Crippen LogP contribution < -0.4 is 0 Å². The van der Waals surface area contributed by atoms with Crippen LogP contribution in [0.5, 0.6) is 0 Å². The maximum Gasteiger partial charge on any atom is 0.260 e. The third-order valence-corrected chi connectivity index (χ3v) is 5.18. The molecule has 1 aliphatic rings. The molecule has 6 heteroatoms. The van der Waals surface area contributed by atoms with E-state index in [4.69, 9.17) is 0 Å². The van der Waals surface area contributed by atoms with Crippen molar-refractivity contribution in [2.75, 3.05) is 6.54 Å². The monoisotopic (exact) mass is 277 g/mol. The number of nitrogens with zero attached hydrogens (tertiary/aromatic N) is 2. The first-order chi connectivity index (χ1) is 9.18. The van der Waals surface area contributed by atoms with Crippen molar-refractivity contribution >= 4 is 10.0 Å². The molecule has 0 aliphatic carbocycles. The summed E-state index contributed by atoms with van der Waals surface area (Å²) in [6.45, 7) is 0.966. The van der Waals surface area contributed by atoms with Crippen molar-refractivity contribution in [3.8, 4) is 0 Å². The Bertz CT molecular complexity index is 665. The summed E-state index contributed by atoms with van der Waals surface area (Å²) >= 11 is 0. The number of aryl methyl sites for hydroxylation is 1. The van der Waals surface area contributed by atoms with E-state index in [1.165, 1.54) is 22.4 Å². The van der Waals surface area contributed by atoms with Crippen LogP contribution in [0.25, 0.3) is 0 Å². The van der Waals surface area contributed by atoms with Gasteiger partial charge in [-0.2, -0.15) is 4.31 Å². The molecular formula is C13H15N3O2S. The van der Waals surface area contributed by atoms with Crippen LogP contribution in [0.15, 0.2) is 41.8 Å². The molecule has 0 radical (unpaired) electrons. The number of aromatic nitrogens is 2. The highest BCUT2D eigenvalue weighted by molar-refractivity contribution is 7.89. The van der Waals surface area contributed by atoms with Gasteiger partial charge in [0.15, 0.2) is 5.03 Å². The molecule has 0 saturated heterocycles. The molecule has 19 heavy (non-hydrogen) atoms. The van der Waals surface area contributed by atoms with E-state index in [1.54, 1.807) is 0 Å². The smallest absolute Gasteiger partial charge is 0.260 e. The number of hydrogen-bond acceptors (Lipinski definition) is 3. The third kappa shape index (κ3) is 2.29. The zero-order chi connectivity index (χ0) is 13.3. The molecule has 1 aliphatic heterocycles. The fourth-order valence-electron chi connectivity index (χ4n) is 2.40. The molecule has 0 spiro atoms. The van der Waals surface area contributed by atoms with Crippen LogP contribution in [-0.4, -0.2) is 29.2 Å². The van der Waals surface area contributed by atoms with Gasteiger partial charge in [0.1, 0.15) is 0 Å². The van der Waals surface area contributed by atoms with Gasteiger partial charge in [0.05, 0.1) is 12.5 Å².